The maximum atomic E-state index is 14.2. The number of nitrogens with two attached hydrogens (primary N) is 1. The van der Waals surface area contributed by atoms with Gasteiger partial charge in [-0.3, -0.25) is 0 Å². The summed E-state index contributed by atoms with van der Waals surface area (Å²) in [5, 5.41) is 0. The van der Waals surface area contributed by atoms with Crippen molar-refractivity contribution in [1.29, 1.82) is 0 Å². The highest BCUT2D eigenvalue weighted by molar-refractivity contribution is 5.36. The molecule has 0 aromatic heterocycles. The minimum absolute atomic E-state index is 0.234. The van der Waals surface area contributed by atoms with Crippen LogP contribution in [0.15, 0.2) is 42.5 Å². The summed E-state index contributed by atoms with van der Waals surface area (Å²) in [6, 6.07) is 12.6. The molecule has 2 aromatic carbocycles. The highest BCUT2D eigenvalue weighted by atomic mass is 19.1. The molecule has 112 valence electrons. The predicted molar refractivity (Wildman–Crippen MR) is 81.2 cm³/mol. The molecular weight excluding hydrogens is 269 g/mol. The first-order valence-electron chi connectivity index (χ1n) is 6.72. The highest BCUT2D eigenvalue weighted by Gasteiger charge is 2.24. The van der Waals surface area contributed by atoms with Gasteiger partial charge in [-0.1, -0.05) is 24.3 Å². The number of hydrogen-bond acceptors (Lipinski definition) is 3. The molecule has 21 heavy (non-hydrogen) atoms. The fourth-order valence-corrected chi connectivity index (χ4v) is 2.32. The van der Waals surface area contributed by atoms with Crippen LogP contribution in [0.4, 0.5) is 4.39 Å². The van der Waals surface area contributed by atoms with Crippen molar-refractivity contribution in [3.05, 3.63) is 59.4 Å². The Kier molecular flexibility index (Phi) is 4.48. The van der Waals surface area contributed by atoms with E-state index in [-0.39, 0.29) is 11.6 Å². The first-order chi connectivity index (χ1) is 9.97. The summed E-state index contributed by atoms with van der Waals surface area (Å²) in [6.45, 7) is 1.88. The summed E-state index contributed by atoms with van der Waals surface area (Å²) in [7, 11) is 3.07. The average molecular weight is 289 g/mol. The molecule has 2 rings (SSSR count). The molecule has 0 heterocycles. The van der Waals surface area contributed by atoms with Crippen LogP contribution in [0.2, 0.25) is 0 Å². The van der Waals surface area contributed by atoms with Crippen LogP contribution < -0.4 is 15.2 Å². The Labute approximate surface area is 124 Å². The third kappa shape index (κ3) is 3.34. The highest BCUT2D eigenvalue weighted by Crippen LogP contribution is 2.28. The van der Waals surface area contributed by atoms with Crippen molar-refractivity contribution in [1.82, 2.24) is 0 Å². The monoisotopic (exact) mass is 289 g/mol. The Morgan fingerprint density at radius 2 is 1.71 bits per heavy atom. The van der Waals surface area contributed by atoms with E-state index < -0.39 is 5.54 Å². The van der Waals surface area contributed by atoms with Gasteiger partial charge >= 0.3 is 0 Å². The Morgan fingerprint density at radius 1 is 1.05 bits per heavy atom. The Bertz CT molecular complexity index is 609. The van der Waals surface area contributed by atoms with Gasteiger partial charge in [0, 0.05) is 5.54 Å². The molecule has 0 radical (unpaired) electrons. The molecule has 0 aliphatic rings. The van der Waals surface area contributed by atoms with Gasteiger partial charge in [-0.05, 0) is 42.7 Å². The van der Waals surface area contributed by atoms with Crippen LogP contribution in [0.3, 0.4) is 0 Å². The maximum Gasteiger partial charge on any atom is 0.168 e. The van der Waals surface area contributed by atoms with Gasteiger partial charge in [0.05, 0.1) is 14.2 Å². The summed E-state index contributed by atoms with van der Waals surface area (Å²) >= 11 is 0. The second-order valence-electron chi connectivity index (χ2n) is 5.26. The third-order valence-electron chi connectivity index (χ3n) is 3.57. The number of hydrogen-bond donors (Lipinski definition) is 1. The average Bonchev–Trinajstić information content (AvgIpc) is 2.49. The summed E-state index contributed by atoms with van der Waals surface area (Å²) in [4.78, 5) is 0. The van der Waals surface area contributed by atoms with Gasteiger partial charge in [0.1, 0.15) is 5.75 Å². The number of halogens is 1. The van der Waals surface area contributed by atoms with Gasteiger partial charge in [-0.25, -0.2) is 4.39 Å². The molecule has 0 fully saturated rings. The smallest absolute Gasteiger partial charge is 0.168 e. The molecule has 3 nitrogen and oxygen atoms in total. The molecule has 2 N–H and O–H groups in total. The minimum atomic E-state index is -0.681. The summed E-state index contributed by atoms with van der Waals surface area (Å²) in [5.41, 5.74) is 7.15. The lowest BCUT2D eigenvalue weighted by Crippen LogP contribution is -2.35. The standard InChI is InChI=1S/C17H20FNO2/c1-17(19,13-7-9-14(20-2)10-8-13)11-12-5-4-6-15(21-3)16(12)18/h4-10H,11,19H2,1-3H3. The van der Waals surface area contributed by atoms with Crippen LogP contribution in [0.1, 0.15) is 18.1 Å². The van der Waals surface area contributed by atoms with Crippen LogP contribution in [-0.4, -0.2) is 14.2 Å². The van der Waals surface area contributed by atoms with E-state index in [1.54, 1.807) is 25.3 Å². The van der Waals surface area contributed by atoms with Gasteiger partial charge in [-0.2, -0.15) is 0 Å². The lowest BCUT2D eigenvalue weighted by Gasteiger charge is -2.26. The van der Waals surface area contributed by atoms with E-state index in [1.807, 2.05) is 31.2 Å². The number of rotatable bonds is 5. The molecule has 0 aliphatic heterocycles. The Morgan fingerprint density at radius 3 is 2.29 bits per heavy atom. The molecule has 0 bridgehead atoms. The van der Waals surface area contributed by atoms with E-state index in [4.69, 9.17) is 15.2 Å². The zero-order valence-electron chi connectivity index (χ0n) is 12.5. The predicted octanol–water partition coefficient (Wildman–Crippen LogP) is 3.26. The van der Waals surface area contributed by atoms with E-state index in [1.165, 1.54) is 7.11 Å². The molecule has 0 spiro atoms. The number of methoxy groups -OCH3 is 2. The van der Waals surface area contributed by atoms with Gasteiger partial charge in [0.15, 0.2) is 11.6 Å². The molecular formula is C17H20FNO2. The summed E-state index contributed by atoms with van der Waals surface area (Å²) in [5.74, 6) is 0.644. The maximum absolute atomic E-state index is 14.2. The van der Waals surface area contributed by atoms with Gasteiger partial charge < -0.3 is 15.2 Å². The van der Waals surface area contributed by atoms with Crippen molar-refractivity contribution in [2.45, 2.75) is 18.9 Å². The zero-order valence-corrected chi connectivity index (χ0v) is 12.5. The SMILES string of the molecule is COc1ccc(C(C)(N)Cc2cccc(OC)c2F)cc1. The Hall–Kier alpha value is -2.07. The van der Waals surface area contributed by atoms with E-state index in [0.717, 1.165) is 11.3 Å². The molecule has 0 amide bonds. The number of benzene rings is 2. The van der Waals surface area contributed by atoms with Crippen molar-refractivity contribution in [3.63, 3.8) is 0 Å². The van der Waals surface area contributed by atoms with Gasteiger partial charge in [0.25, 0.3) is 0 Å². The molecule has 0 aliphatic carbocycles. The lowest BCUT2D eigenvalue weighted by atomic mass is 9.86. The molecule has 1 atom stereocenters. The second kappa shape index (κ2) is 6.14. The van der Waals surface area contributed by atoms with Crippen molar-refractivity contribution < 1.29 is 13.9 Å². The molecule has 0 saturated carbocycles. The molecule has 4 heteroatoms. The minimum Gasteiger partial charge on any atom is -0.497 e. The van der Waals surface area contributed by atoms with E-state index >= 15 is 0 Å². The largest absolute Gasteiger partial charge is 0.497 e. The zero-order chi connectivity index (χ0) is 15.5. The van der Waals surface area contributed by atoms with Crippen molar-refractivity contribution >= 4 is 0 Å². The van der Waals surface area contributed by atoms with Crippen LogP contribution in [0, 0.1) is 5.82 Å². The van der Waals surface area contributed by atoms with Gasteiger partial charge in [0.2, 0.25) is 0 Å². The normalized spacial score (nSPS) is 13.6. The quantitative estimate of drug-likeness (QED) is 0.919. The van der Waals surface area contributed by atoms with E-state index in [0.29, 0.717) is 12.0 Å². The first-order valence-corrected chi connectivity index (χ1v) is 6.72. The molecule has 2 aromatic rings. The Balaban J connectivity index is 2.27. The summed E-state index contributed by atoms with van der Waals surface area (Å²) in [6.07, 6.45) is 0.377. The molecule has 1 unspecified atom stereocenters. The first kappa shape index (κ1) is 15.3. The fraction of sp³-hybridized carbons (Fsp3) is 0.294. The third-order valence-corrected chi connectivity index (χ3v) is 3.57. The molecule has 0 saturated heterocycles. The van der Waals surface area contributed by atoms with E-state index in [2.05, 4.69) is 0 Å². The lowest BCUT2D eigenvalue weighted by molar-refractivity contribution is 0.380. The van der Waals surface area contributed by atoms with Crippen LogP contribution in [0.5, 0.6) is 11.5 Å². The summed E-state index contributed by atoms with van der Waals surface area (Å²) < 4.78 is 24.4. The van der Waals surface area contributed by atoms with Crippen molar-refractivity contribution in [2.75, 3.05) is 14.2 Å². The number of ether oxygens (including phenoxy) is 2. The fourth-order valence-electron chi connectivity index (χ4n) is 2.32. The van der Waals surface area contributed by atoms with Crippen molar-refractivity contribution in [2.24, 2.45) is 5.73 Å². The van der Waals surface area contributed by atoms with Crippen LogP contribution in [-0.2, 0) is 12.0 Å². The topological polar surface area (TPSA) is 44.5 Å². The van der Waals surface area contributed by atoms with Crippen molar-refractivity contribution in [3.8, 4) is 11.5 Å². The van der Waals surface area contributed by atoms with Crippen LogP contribution in [0.25, 0.3) is 0 Å². The second-order valence-corrected chi connectivity index (χ2v) is 5.26. The van der Waals surface area contributed by atoms with Crippen LogP contribution >= 0.6 is 0 Å². The van der Waals surface area contributed by atoms with E-state index in [9.17, 15) is 4.39 Å². The van der Waals surface area contributed by atoms with Gasteiger partial charge in [-0.15, -0.1) is 0 Å².